The maximum absolute atomic E-state index is 12.7. The number of rotatable bonds is 8. The van der Waals surface area contributed by atoms with Gasteiger partial charge in [0.15, 0.2) is 6.61 Å². The van der Waals surface area contributed by atoms with Gasteiger partial charge in [-0.15, -0.1) is 0 Å². The van der Waals surface area contributed by atoms with Gasteiger partial charge in [0.05, 0.1) is 17.1 Å². The minimum atomic E-state index is -0.860. The normalized spacial score (nSPS) is 10.5. The minimum Gasteiger partial charge on any atom is -0.454 e. The molecular weight excluding hydrogens is 376 g/mol. The van der Waals surface area contributed by atoms with Crippen molar-refractivity contribution < 1.29 is 24.4 Å². The molecule has 0 amide bonds. The highest BCUT2D eigenvalue weighted by Gasteiger charge is 2.21. The number of carbonyl (C=O) groups excluding carboxylic acids is 2. The second-order valence-electron chi connectivity index (χ2n) is 6.77. The lowest BCUT2D eigenvalue weighted by atomic mass is 9.92. The van der Waals surface area contributed by atoms with E-state index in [1.165, 1.54) is 12.1 Å². The van der Waals surface area contributed by atoms with Gasteiger partial charge < -0.3 is 15.2 Å². The number of aliphatic hydroxyl groups excluding tert-OH is 1. The number of Topliss-reactive ketones (excluding diaryl/α,β-unsaturated/α-hetero) is 1. The van der Waals surface area contributed by atoms with E-state index in [4.69, 9.17) is 9.84 Å². The van der Waals surface area contributed by atoms with Crippen LogP contribution in [0.4, 0.5) is 11.4 Å². The third-order valence-corrected chi connectivity index (χ3v) is 4.83. The molecule has 0 aliphatic carbocycles. The largest absolute Gasteiger partial charge is 0.454 e. The SMILES string of the molecule is Cc1cc(C)c(C(=O)COC(=O)c2cc([N+](=O)[O-])ccc2NCCO)c(C)c1C. The molecule has 29 heavy (non-hydrogen) atoms. The van der Waals surface area contributed by atoms with Crippen molar-refractivity contribution in [2.45, 2.75) is 27.7 Å². The zero-order valence-corrected chi connectivity index (χ0v) is 16.9. The van der Waals surface area contributed by atoms with Gasteiger partial charge >= 0.3 is 5.97 Å². The number of non-ortho nitro benzene ring substituents is 1. The first kappa shape index (κ1) is 22.0. The van der Waals surface area contributed by atoms with Crippen molar-refractivity contribution in [3.8, 4) is 0 Å². The molecule has 0 aliphatic rings. The predicted molar refractivity (Wildman–Crippen MR) is 109 cm³/mol. The number of esters is 1. The maximum Gasteiger partial charge on any atom is 0.340 e. The first-order valence-electron chi connectivity index (χ1n) is 9.08. The summed E-state index contributed by atoms with van der Waals surface area (Å²) in [7, 11) is 0. The second kappa shape index (κ2) is 9.29. The summed E-state index contributed by atoms with van der Waals surface area (Å²) in [6.07, 6.45) is 0. The fourth-order valence-corrected chi connectivity index (χ4v) is 3.15. The summed E-state index contributed by atoms with van der Waals surface area (Å²) in [4.78, 5) is 35.6. The molecule has 0 saturated heterocycles. The number of carbonyl (C=O) groups is 2. The van der Waals surface area contributed by atoms with Gasteiger partial charge in [0.1, 0.15) is 0 Å². The molecule has 0 saturated carbocycles. The van der Waals surface area contributed by atoms with E-state index in [1.54, 1.807) is 0 Å². The lowest BCUT2D eigenvalue weighted by Crippen LogP contribution is -2.18. The van der Waals surface area contributed by atoms with Gasteiger partial charge in [0.2, 0.25) is 5.78 Å². The Labute approximate surface area is 168 Å². The molecule has 0 spiro atoms. The fourth-order valence-electron chi connectivity index (χ4n) is 3.15. The minimum absolute atomic E-state index is 0.0750. The smallest absolute Gasteiger partial charge is 0.340 e. The molecule has 0 heterocycles. The van der Waals surface area contributed by atoms with E-state index in [0.29, 0.717) is 5.56 Å². The molecule has 0 aliphatic heterocycles. The highest BCUT2D eigenvalue weighted by atomic mass is 16.6. The Morgan fingerprint density at radius 1 is 1.10 bits per heavy atom. The maximum atomic E-state index is 12.7. The van der Waals surface area contributed by atoms with Crippen molar-refractivity contribution in [2.24, 2.45) is 0 Å². The van der Waals surface area contributed by atoms with Crippen molar-refractivity contribution in [1.29, 1.82) is 0 Å². The molecule has 2 N–H and O–H groups in total. The summed E-state index contributed by atoms with van der Waals surface area (Å²) >= 11 is 0. The molecule has 0 unspecified atom stereocenters. The first-order chi connectivity index (χ1) is 13.7. The van der Waals surface area contributed by atoms with Crippen LogP contribution in [0.15, 0.2) is 24.3 Å². The Kier molecular flexibility index (Phi) is 7.06. The van der Waals surface area contributed by atoms with Gasteiger partial charge in [-0.05, 0) is 56.0 Å². The Morgan fingerprint density at radius 2 is 1.79 bits per heavy atom. The lowest BCUT2D eigenvalue weighted by molar-refractivity contribution is -0.384. The number of hydrogen-bond donors (Lipinski definition) is 2. The average Bonchev–Trinajstić information content (AvgIpc) is 2.68. The Bertz CT molecular complexity index is 968. The summed E-state index contributed by atoms with van der Waals surface area (Å²) in [5, 5.41) is 22.8. The highest BCUT2D eigenvalue weighted by molar-refractivity contribution is 6.03. The summed E-state index contributed by atoms with van der Waals surface area (Å²) in [5.41, 5.74) is 4.15. The van der Waals surface area contributed by atoms with Crippen molar-refractivity contribution in [1.82, 2.24) is 0 Å². The predicted octanol–water partition coefficient (Wildman–Crippen LogP) is 3.27. The Morgan fingerprint density at radius 3 is 2.41 bits per heavy atom. The van der Waals surface area contributed by atoms with E-state index in [-0.39, 0.29) is 35.9 Å². The lowest BCUT2D eigenvalue weighted by Gasteiger charge is -2.15. The molecular formula is C21H24N2O6. The van der Waals surface area contributed by atoms with E-state index in [1.807, 2.05) is 33.8 Å². The average molecular weight is 400 g/mol. The van der Waals surface area contributed by atoms with Crippen LogP contribution in [-0.2, 0) is 4.74 Å². The van der Waals surface area contributed by atoms with Crippen molar-refractivity contribution in [2.75, 3.05) is 25.1 Å². The number of aryl methyl sites for hydroxylation is 2. The van der Waals surface area contributed by atoms with E-state index in [0.717, 1.165) is 28.3 Å². The Hall–Kier alpha value is -3.26. The molecule has 8 nitrogen and oxygen atoms in total. The van der Waals surface area contributed by atoms with Crippen LogP contribution >= 0.6 is 0 Å². The second-order valence-corrected chi connectivity index (χ2v) is 6.77. The van der Waals surface area contributed by atoms with Crippen LogP contribution in [0.5, 0.6) is 0 Å². The number of aliphatic hydroxyl groups is 1. The van der Waals surface area contributed by atoms with E-state index < -0.39 is 17.5 Å². The molecule has 0 bridgehead atoms. The van der Waals surface area contributed by atoms with Gasteiger partial charge in [-0.1, -0.05) is 6.07 Å². The number of nitrogens with one attached hydrogen (secondary N) is 1. The number of hydrogen-bond acceptors (Lipinski definition) is 7. The molecule has 0 fully saturated rings. The standard InChI is InChI=1S/C21H24N2O6/c1-12-9-13(2)20(15(4)14(12)3)19(25)11-29-21(26)17-10-16(23(27)28)5-6-18(17)22-7-8-24/h5-6,9-10,22,24H,7-8,11H2,1-4H3. The molecule has 2 aromatic rings. The number of ketones is 1. The third-order valence-electron chi connectivity index (χ3n) is 4.83. The van der Waals surface area contributed by atoms with Gasteiger partial charge in [-0.25, -0.2) is 4.79 Å². The summed E-state index contributed by atoms with van der Waals surface area (Å²) in [6.45, 7) is 7.05. The van der Waals surface area contributed by atoms with E-state index in [2.05, 4.69) is 5.32 Å². The van der Waals surface area contributed by atoms with Crippen molar-refractivity contribution >= 4 is 23.1 Å². The third kappa shape index (κ3) is 4.97. The first-order valence-corrected chi connectivity index (χ1v) is 9.08. The molecule has 2 aromatic carbocycles. The fraction of sp³-hybridized carbons (Fsp3) is 0.333. The van der Waals surface area contributed by atoms with Crippen LogP contribution in [0.3, 0.4) is 0 Å². The number of anilines is 1. The van der Waals surface area contributed by atoms with Gasteiger partial charge in [-0.3, -0.25) is 14.9 Å². The van der Waals surface area contributed by atoms with Crippen LogP contribution < -0.4 is 5.32 Å². The monoisotopic (exact) mass is 400 g/mol. The van der Waals surface area contributed by atoms with Crippen molar-refractivity contribution in [3.63, 3.8) is 0 Å². The summed E-state index contributed by atoms with van der Waals surface area (Å²) < 4.78 is 5.17. The summed E-state index contributed by atoms with van der Waals surface area (Å²) in [5.74, 6) is -1.20. The van der Waals surface area contributed by atoms with Gasteiger partial charge in [0, 0.05) is 29.9 Å². The zero-order chi connectivity index (χ0) is 21.7. The quantitative estimate of drug-likeness (QED) is 0.302. The van der Waals surface area contributed by atoms with Crippen LogP contribution in [0.2, 0.25) is 0 Å². The number of nitrogens with zero attached hydrogens (tertiary/aromatic N) is 1. The van der Waals surface area contributed by atoms with Crippen LogP contribution in [0, 0.1) is 37.8 Å². The van der Waals surface area contributed by atoms with E-state index >= 15 is 0 Å². The molecule has 0 radical (unpaired) electrons. The van der Waals surface area contributed by atoms with Crippen LogP contribution in [0.1, 0.15) is 43.0 Å². The number of ether oxygens (including phenoxy) is 1. The number of nitro groups is 1. The Balaban J connectivity index is 2.24. The van der Waals surface area contributed by atoms with Crippen molar-refractivity contribution in [3.05, 3.63) is 67.8 Å². The molecule has 0 atom stereocenters. The molecule has 0 aromatic heterocycles. The molecule has 2 rings (SSSR count). The van der Waals surface area contributed by atoms with Gasteiger partial charge in [0.25, 0.3) is 5.69 Å². The zero-order valence-electron chi connectivity index (χ0n) is 16.9. The topological polar surface area (TPSA) is 119 Å². The summed E-state index contributed by atoms with van der Waals surface area (Å²) in [6, 6.07) is 5.60. The molecule has 154 valence electrons. The number of nitro benzene ring substituents is 1. The number of benzene rings is 2. The van der Waals surface area contributed by atoms with E-state index in [9.17, 15) is 19.7 Å². The van der Waals surface area contributed by atoms with Crippen LogP contribution in [-0.4, -0.2) is 41.5 Å². The molecule has 8 heteroatoms. The highest BCUT2D eigenvalue weighted by Crippen LogP contribution is 2.24. The van der Waals surface area contributed by atoms with Gasteiger partial charge in [-0.2, -0.15) is 0 Å². The van der Waals surface area contributed by atoms with Crippen LogP contribution in [0.25, 0.3) is 0 Å².